The summed E-state index contributed by atoms with van der Waals surface area (Å²) in [5, 5.41) is 0. The molecule has 0 aliphatic carbocycles. The number of hydrogen-bond donors (Lipinski definition) is 0. The Morgan fingerprint density at radius 2 is 1.48 bits per heavy atom. The molecule has 1 aliphatic rings. The van der Waals surface area contributed by atoms with Gasteiger partial charge >= 0.3 is 12.1 Å². The van der Waals surface area contributed by atoms with Crippen molar-refractivity contribution in [1.82, 2.24) is 4.90 Å². The van der Waals surface area contributed by atoms with E-state index in [9.17, 15) is 9.59 Å². The van der Waals surface area contributed by atoms with Crippen molar-refractivity contribution < 1.29 is 19.1 Å². The molecule has 5 nitrogen and oxygen atoms in total. The molecule has 1 saturated heterocycles. The van der Waals surface area contributed by atoms with Crippen molar-refractivity contribution in [2.24, 2.45) is 5.92 Å². The Balaban J connectivity index is 1.65. The van der Waals surface area contributed by atoms with Gasteiger partial charge in [0.05, 0.1) is 12.0 Å². The Kier molecular flexibility index (Phi) is 7.40. The monoisotopic (exact) mass is 443 g/mol. The van der Waals surface area contributed by atoms with Gasteiger partial charge in [-0.2, -0.15) is 0 Å². The van der Waals surface area contributed by atoms with Crippen LogP contribution in [0.3, 0.4) is 0 Å². The normalized spacial score (nSPS) is 18.8. The molecular weight excluding hydrogens is 414 g/mol. The van der Waals surface area contributed by atoms with Gasteiger partial charge < -0.3 is 9.47 Å². The van der Waals surface area contributed by atoms with Gasteiger partial charge in [0.25, 0.3) is 0 Å². The van der Waals surface area contributed by atoms with Gasteiger partial charge in [0.1, 0.15) is 12.7 Å². The number of hydrogen-bond acceptors (Lipinski definition) is 4. The summed E-state index contributed by atoms with van der Waals surface area (Å²) in [6.45, 7) is 2.40. The third-order valence-electron chi connectivity index (χ3n) is 6.02. The Labute approximate surface area is 194 Å². The van der Waals surface area contributed by atoms with Gasteiger partial charge in [0.2, 0.25) is 0 Å². The van der Waals surface area contributed by atoms with Gasteiger partial charge in [-0.05, 0) is 29.5 Å². The fourth-order valence-electron chi connectivity index (χ4n) is 4.18. The van der Waals surface area contributed by atoms with E-state index in [0.29, 0.717) is 13.0 Å². The Morgan fingerprint density at radius 1 is 0.909 bits per heavy atom. The van der Waals surface area contributed by atoms with E-state index in [0.717, 1.165) is 23.1 Å². The van der Waals surface area contributed by atoms with Crippen LogP contribution >= 0.6 is 0 Å². The highest BCUT2D eigenvalue weighted by Crippen LogP contribution is 2.35. The van der Waals surface area contributed by atoms with Gasteiger partial charge in [-0.1, -0.05) is 97.9 Å². The molecule has 33 heavy (non-hydrogen) atoms. The number of benzene rings is 3. The van der Waals surface area contributed by atoms with Crippen LogP contribution in [0.25, 0.3) is 0 Å². The lowest BCUT2D eigenvalue weighted by atomic mass is 9.91. The van der Waals surface area contributed by atoms with Crippen LogP contribution in [-0.2, 0) is 27.4 Å². The minimum absolute atomic E-state index is 0.134. The molecule has 1 fully saturated rings. The quantitative estimate of drug-likeness (QED) is 0.426. The van der Waals surface area contributed by atoms with E-state index in [4.69, 9.17) is 9.47 Å². The minimum Gasteiger partial charge on any atom is -0.460 e. The summed E-state index contributed by atoms with van der Waals surface area (Å²) in [5.41, 5.74) is 2.81. The number of nitrogens with zero attached hydrogens (tertiary/aromatic N) is 1. The van der Waals surface area contributed by atoms with Gasteiger partial charge in [0, 0.05) is 6.54 Å². The molecule has 3 unspecified atom stereocenters. The van der Waals surface area contributed by atoms with E-state index in [1.807, 2.05) is 97.9 Å². The standard InChI is InChI=1S/C28H29NO4/c1-21-17-18-25(33-27(21)30)26(24-15-9-4-10-16-24)29(19-22-11-5-2-6-12-22)28(31)32-20-23-13-7-3-8-14-23/h2-16,21,25-26H,17-20H2,1H3. The molecule has 3 aromatic carbocycles. The Bertz CT molecular complexity index is 1040. The van der Waals surface area contributed by atoms with E-state index in [2.05, 4.69) is 0 Å². The highest BCUT2D eigenvalue weighted by Gasteiger charge is 2.39. The zero-order valence-corrected chi connectivity index (χ0v) is 18.8. The molecule has 3 atom stereocenters. The Hall–Kier alpha value is -3.60. The SMILES string of the molecule is CC1CCC(C(c2ccccc2)N(Cc2ccccc2)C(=O)OCc2ccccc2)OC1=O. The second kappa shape index (κ2) is 10.8. The fourth-order valence-corrected chi connectivity index (χ4v) is 4.18. The van der Waals surface area contributed by atoms with Crippen LogP contribution in [0.1, 0.15) is 42.5 Å². The first kappa shape index (κ1) is 22.6. The lowest BCUT2D eigenvalue weighted by Crippen LogP contribution is -2.44. The van der Waals surface area contributed by atoms with Crippen LogP contribution in [-0.4, -0.2) is 23.1 Å². The van der Waals surface area contributed by atoms with Crippen molar-refractivity contribution in [2.75, 3.05) is 0 Å². The molecule has 0 aromatic heterocycles. The highest BCUT2D eigenvalue weighted by atomic mass is 16.6. The maximum atomic E-state index is 13.5. The van der Waals surface area contributed by atoms with Crippen LogP contribution < -0.4 is 0 Å². The first-order valence-corrected chi connectivity index (χ1v) is 11.4. The van der Waals surface area contributed by atoms with Crippen molar-refractivity contribution in [1.29, 1.82) is 0 Å². The molecule has 0 spiro atoms. The summed E-state index contributed by atoms with van der Waals surface area (Å²) in [6.07, 6.45) is 0.532. The van der Waals surface area contributed by atoms with Crippen LogP contribution in [0.4, 0.5) is 4.79 Å². The summed E-state index contributed by atoms with van der Waals surface area (Å²) in [4.78, 5) is 27.6. The van der Waals surface area contributed by atoms with E-state index >= 15 is 0 Å². The van der Waals surface area contributed by atoms with Crippen LogP contribution in [0.2, 0.25) is 0 Å². The summed E-state index contributed by atoms with van der Waals surface area (Å²) in [7, 11) is 0. The maximum Gasteiger partial charge on any atom is 0.411 e. The largest absolute Gasteiger partial charge is 0.460 e. The van der Waals surface area contributed by atoms with Crippen LogP contribution in [0.15, 0.2) is 91.0 Å². The molecule has 1 heterocycles. The van der Waals surface area contributed by atoms with Gasteiger partial charge in [-0.3, -0.25) is 9.69 Å². The van der Waals surface area contributed by atoms with E-state index in [1.165, 1.54) is 0 Å². The molecule has 0 bridgehead atoms. The summed E-state index contributed by atoms with van der Waals surface area (Å²) in [5.74, 6) is -0.352. The van der Waals surface area contributed by atoms with Gasteiger partial charge in [0.15, 0.2) is 0 Å². The number of ether oxygens (including phenoxy) is 2. The third kappa shape index (κ3) is 5.80. The lowest BCUT2D eigenvalue weighted by molar-refractivity contribution is -0.164. The Morgan fingerprint density at radius 3 is 2.09 bits per heavy atom. The molecule has 0 N–H and O–H groups in total. The van der Waals surface area contributed by atoms with Crippen molar-refractivity contribution in [3.05, 3.63) is 108 Å². The highest BCUT2D eigenvalue weighted by molar-refractivity contribution is 5.73. The van der Waals surface area contributed by atoms with Crippen molar-refractivity contribution in [2.45, 2.75) is 45.1 Å². The molecule has 4 rings (SSSR count). The lowest BCUT2D eigenvalue weighted by Gasteiger charge is -2.39. The topological polar surface area (TPSA) is 55.8 Å². The average Bonchev–Trinajstić information content (AvgIpc) is 2.86. The molecule has 0 radical (unpaired) electrons. The molecule has 1 aliphatic heterocycles. The maximum absolute atomic E-state index is 13.5. The van der Waals surface area contributed by atoms with Crippen molar-refractivity contribution >= 4 is 12.1 Å². The number of rotatable bonds is 7. The first-order chi connectivity index (χ1) is 16.1. The first-order valence-electron chi connectivity index (χ1n) is 11.4. The van der Waals surface area contributed by atoms with Crippen molar-refractivity contribution in [3.8, 4) is 0 Å². The molecule has 5 heteroatoms. The molecule has 1 amide bonds. The molecular formula is C28H29NO4. The van der Waals surface area contributed by atoms with Crippen LogP contribution in [0.5, 0.6) is 0 Å². The number of carbonyl (C=O) groups excluding carboxylic acids is 2. The van der Waals surface area contributed by atoms with Gasteiger partial charge in [-0.15, -0.1) is 0 Å². The number of cyclic esters (lactones) is 1. The zero-order valence-electron chi connectivity index (χ0n) is 18.8. The fraction of sp³-hybridized carbons (Fsp3) is 0.286. The van der Waals surface area contributed by atoms with E-state index in [1.54, 1.807) is 4.90 Å². The summed E-state index contributed by atoms with van der Waals surface area (Å²) < 4.78 is 11.6. The zero-order chi connectivity index (χ0) is 23.0. The van der Waals surface area contributed by atoms with Crippen molar-refractivity contribution in [3.63, 3.8) is 0 Å². The summed E-state index contributed by atoms with van der Waals surface area (Å²) >= 11 is 0. The van der Waals surface area contributed by atoms with E-state index in [-0.39, 0.29) is 18.5 Å². The summed E-state index contributed by atoms with van der Waals surface area (Å²) in [6, 6.07) is 28.7. The van der Waals surface area contributed by atoms with Crippen LogP contribution in [0, 0.1) is 5.92 Å². The average molecular weight is 444 g/mol. The predicted octanol–water partition coefficient (Wildman–Crippen LogP) is 5.91. The second-order valence-corrected chi connectivity index (χ2v) is 8.46. The molecule has 3 aromatic rings. The molecule has 170 valence electrons. The third-order valence-corrected chi connectivity index (χ3v) is 6.02. The number of carbonyl (C=O) groups is 2. The number of esters is 1. The predicted molar refractivity (Wildman–Crippen MR) is 126 cm³/mol. The van der Waals surface area contributed by atoms with E-state index < -0.39 is 18.2 Å². The smallest absolute Gasteiger partial charge is 0.411 e. The van der Waals surface area contributed by atoms with Gasteiger partial charge in [-0.25, -0.2) is 4.79 Å². The minimum atomic E-state index is -0.453. The second-order valence-electron chi connectivity index (χ2n) is 8.46. The molecule has 0 saturated carbocycles. The number of amides is 1.